The predicted octanol–water partition coefficient (Wildman–Crippen LogP) is 2.35. The molecule has 0 aliphatic rings. The molecule has 0 aliphatic carbocycles. The van der Waals surface area contributed by atoms with Gasteiger partial charge in [0.05, 0.1) is 6.61 Å². The summed E-state index contributed by atoms with van der Waals surface area (Å²) in [7, 11) is 1.68. The van der Waals surface area contributed by atoms with Crippen LogP contribution in [0.4, 0.5) is 0 Å². The number of aryl methyl sites for hydroxylation is 1. The van der Waals surface area contributed by atoms with E-state index in [1.807, 2.05) is 12.1 Å². The predicted molar refractivity (Wildman–Crippen MR) is 56.2 cm³/mol. The molecular formula is C12H16O2. The van der Waals surface area contributed by atoms with Crippen molar-refractivity contribution in [2.45, 2.75) is 26.4 Å². The average Bonchev–Trinajstić information content (AvgIpc) is 2.17. The van der Waals surface area contributed by atoms with Crippen molar-refractivity contribution in [3.05, 3.63) is 35.4 Å². The number of rotatable bonds is 5. The van der Waals surface area contributed by atoms with Gasteiger partial charge >= 0.3 is 0 Å². The Labute approximate surface area is 84.9 Å². The summed E-state index contributed by atoms with van der Waals surface area (Å²) >= 11 is 0. The minimum Gasteiger partial charge on any atom is -0.380 e. The maximum atomic E-state index is 10.8. The van der Waals surface area contributed by atoms with Crippen LogP contribution in [0.2, 0.25) is 0 Å². The molecule has 0 spiro atoms. The van der Waals surface area contributed by atoms with Gasteiger partial charge in [-0.15, -0.1) is 0 Å². The lowest BCUT2D eigenvalue weighted by Crippen LogP contribution is -1.94. The van der Waals surface area contributed by atoms with Gasteiger partial charge in [-0.3, -0.25) is 0 Å². The summed E-state index contributed by atoms with van der Waals surface area (Å²) in [5.41, 5.74) is 2.37. The molecule has 14 heavy (non-hydrogen) atoms. The Kier molecular flexibility index (Phi) is 4.33. The normalized spacial score (nSPS) is 10.1. The van der Waals surface area contributed by atoms with Crippen LogP contribution >= 0.6 is 0 Å². The van der Waals surface area contributed by atoms with Crippen LogP contribution in [-0.2, 0) is 22.6 Å². The molecule has 1 aromatic rings. The highest BCUT2D eigenvalue weighted by Gasteiger charge is 1.97. The highest BCUT2D eigenvalue weighted by atomic mass is 16.5. The molecule has 0 atom stereocenters. The van der Waals surface area contributed by atoms with Crippen LogP contribution in [-0.4, -0.2) is 12.9 Å². The van der Waals surface area contributed by atoms with Crippen LogP contribution < -0.4 is 0 Å². The smallest absolute Gasteiger partial charge is 0.130 e. The van der Waals surface area contributed by atoms with Gasteiger partial charge in [-0.2, -0.15) is 0 Å². The van der Waals surface area contributed by atoms with Crippen molar-refractivity contribution in [3.63, 3.8) is 0 Å². The van der Waals surface area contributed by atoms with E-state index in [2.05, 4.69) is 12.1 Å². The van der Waals surface area contributed by atoms with Crippen molar-refractivity contribution in [3.8, 4) is 0 Å². The van der Waals surface area contributed by atoms with E-state index >= 15 is 0 Å². The SMILES string of the molecule is COCc1ccc(CCC(C)=O)cc1. The lowest BCUT2D eigenvalue weighted by Gasteiger charge is -2.02. The number of ether oxygens (including phenoxy) is 1. The zero-order valence-electron chi connectivity index (χ0n) is 8.75. The van der Waals surface area contributed by atoms with Gasteiger partial charge in [-0.1, -0.05) is 24.3 Å². The molecule has 0 aromatic heterocycles. The van der Waals surface area contributed by atoms with E-state index in [4.69, 9.17) is 4.74 Å². The number of carbonyl (C=O) groups excluding carboxylic acids is 1. The van der Waals surface area contributed by atoms with Crippen molar-refractivity contribution in [2.24, 2.45) is 0 Å². The molecule has 0 amide bonds. The van der Waals surface area contributed by atoms with Gasteiger partial charge < -0.3 is 9.53 Å². The quantitative estimate of drug-likeness (QED) is 0.715. The molecular weight excluding hydrogens is 176 g/mol. The second-order valence-electron chi connectivity index (χ2n) is 3.45. The first-order valence-corrected chi connectivity index (χ1v) is 4.78. The Morgan fingerprint density at radius 2 is 1.79 bits per heavy atom. The summed E-state index contributed by atoms with van der Waals surface area (Å²) in [6.07, 6.45) is 1.46. The third kappa shape index (κ3) is 3.71. The minimum absolute atomic E-state index is 0.242. The number of ketones is 1. The summed E-state index contributed by atoms with van der Waals surface area (Å²) in [5, 5.41) is 0. The van der Waals surface area contributed by atoms with Crippen LogP contribution in [0.3, 0.4) is 0 Å². The van der Waals surface area contributed by atoms with Crippen LogP contribution in [0, 0.1) is 0 Å². The first kappa shape index (κ1) is 10.9. The third-order valence-corrected chi connectivity index (χ3v) is 2.10. The second kappa shape index (κ2) is 5.55. The molecule has 1 aromatic carbocycles. The van der Waals surface area contributed by atoms with Gasteiger partial charge in [0.1, 0.15) is 5.78 Å². The first-order valence-electron chi connectivity index (χ1n) is 4.78. The molecule has 0 saturated heterocycles. The highest BCUT2D eigenvalue weighted by molar-refractivity contribution is 5.75. The maximum absolute atomic E-state index is 10.8. The maximum Gasteiger partial charge on any atom is 0.130 e. The average molecular weight is 192 g/mol. The van der Waals surface area contributed by atoms with Crippen molar-refractivity contribution in [1.82, 2.24) is 0 Å². The number of benzene rings is 1. The zero-order valence-corrected chi connectivity index (χ0v) is 8.75. The number of hydrogen-bond acceptors (Lipinski definition) is 2. The number of Topliss-reactive ketones (excluding diaryl/α,β-unsaturated/α-hetero) is 1. The van der Waals surface area contributed by atoms with E-state index in [-0.39, 0.29) is 5.78 Å². The summed E-state index contributed by atoms with van der Waals surface area (Å²) in [6, 6.07) is 8.19. The fraction of sp³-hybridized carbons (Fsp3) is 0.417. The summed E-state index contributed by atoms with van der Waals surface area (Å²) < 4.78 is 5.01. The molecule has 1 rings (SSSR count). The van der Waals surface area contributed by atoms with Crippen molar-refractivity contribution in [1.29, 1.82) is 0 Å². The Morgan fingerprint density at radius 1 is 1.21 bits per heavy atom. The molecule has 0 N–H and O–H groups in total. The topological polar surface area (TPSA) is 26.3 Å². The van der Waals surface area contributed by atoms with E-state index < -0.39 is 0 Å². The largest absolute Gasteiger partial charge is 0.380 e. The minimum atomic E-state index is 0.242. The first-order chi connectivity index (χ1) is 6.72. The number of carbonyl (C=O) groups is 1. The molecule has 0 radical (unpaired) electrons. The fourth-order valence-electron chi connectivity index (χ4n) is 1.29. The molecule has 2 heteroatoms. The fourth-order valence-corrected chi connectivity index (χ4v) is 1.29. The van der Waals surface area contributed by atoms with Gasteiger partial charge in [0.25, 0.3) is 0 Å². The molecule has 0 aliphatic heterocycles. The van der Waals surface area contributed by atoms with Crippen molar-refractivity contribution in [2.75, 3.05) is 7.11 Å². The van der Waals surface area contributed by atoms with Crippen molar-refractivity contribution >= 4 is 5.78 Å². The zero-order chi connectivity index (χ0) is 10.4. The number of methoxy groups -OCH3 is 1. The number of hydrogen-bond donors (Lipinski definition) is 0. The van der Waals surface area contributed by atoms with Gasteiger partial charge in [0.15, 0.2) is 0 Å². The Hall–Kier alpha value is -1.15. The molecule has 76 valence electrons. The monoisotopic (exact) mass is 192 g/mol. The molecule has 0 bridgehead atoms. The lowest BCUT2D eigenvalue weighted by atomic mass is 10.1. The van der Waals surface area contributed by atoms with E-state index in [1.165, 1.54) is 11.1 Å². The highest BCUT2D eigenvalue weighted by Crippen LogP contribution is 2.07. The van der Waals surface area contributed by atoms with Gasteiger partial charge in [-0.25, -0.2) is 0 Å². The van der Waals surface area contributed by atoms with E-state index in [0.29, 0.717) is 13.0 Å². The van der Waals surface area contributed by atoms with E-state index in [0.717, 1.165) is 6.42 Å². The second-order valence-corrected chi connectivity index (χ2v) is 3.45. The van der Waals surface area contributed by atoms with E-state index in [9.17, 15) is 4.79 Å². The molecule has 2 nitrogen and oxygen atoms in total. The van der Waals surface area contributed by atoms with Crippen LogP contribution in [0.5, 0.6) is 0 Å². The summed E-state index contributed by atoms with van der Waals surface area (Å²) in [4.78, 5) is 10.8. The molecule has 0 fully saturated rings. The van der Waals surface area contributed by atoms with E-state index in [1.54, 1.807) is 14.0 Å². The standard InChI is InChI=1S/C12H16O2/c1-10(13)3-4-11-5-7-12(8-6-11)9-14-2/h5-8H,3-4,9H2,1-2H3. The molecule has 0 heterocycles. The molecule has 0 unspecified atom stereocenters. The van der Waals surface area contributed by atoms with Gasteiger partial charge in [-0.05, 0) is 24.5 Å². The van der Waals surface area contributed by atoms with Crippen LogP contribution in [0.15, 0.2) is 24.3 Å². The summed E-state index contributed by atoms with van der Waals surface area (Å²) in [6.45, 7) is 2.27. The van der Waals surface area contributed by atoms with Crippen LogP contribution in [0.1, 0.15) is 24.5 Å². The van der Waals surface area contributed by atoms with Crippen LogP contribution in [0.25, 0.3) is 0 Å². The van der Waals surface area contributed by atoms with Gasteiger partial charge in [0.2, 0.25) is 0 Å². The third-order valence-electron chi connectivity index (χ3n) is 2.10. The lowest BCUT2D eigenvalue weighted by molar-refractivity contribution is -0.116. The van der Waals surface area contributed by atoms with Crippen molar-refractivity contribution < 1.29 is 9.53 Å². The Bertz CT molecular complexity index is 288. The Balaban J connectivity index is 2.50. The molecule has 0 saturated carbocycles. The Morgan fingerprint density at radius 3 is 2.29 bits per heavy atom. The van der Waals surface area contributed by atoms with Gasteiger partial charge in [0, 0.05) is 13.5 Å². The summed E-state index contributed by atoms with van der Waals surface area (Å²) in [5.74, 6) is 0.242.